The van der Waals surface area contributed by atoms with Crippen molar-refractivity contribution < 1.29 is 33.3 Å². The zero-order chi connectivity index (χ0) is 61.7. The molecule has 0 spiro atoms. The van der Waals surface area contributed by atoms with Gasteiger partial charge < -0.3 is 33.6 Å². The van der Waals surface area contributed by atoms with E-state index < -0.39 is 11.7 Å². The van der Waals surface area contributed by atoms with Crippen molar-refractivity contribution in [3.8, 4) is 11.5 Å². The first-order valence-corrected chi connectivity index (χ1v) is 30.4. The highest BCUT2D eigenvalue weighted by molar-refractivity contribution is 6.02. The minimum absolute atomic E-state index is 0.0212. The van der Waals surface area contributed by atoms with E-state index in [2.05, 4.69) is 151 Å². The Kier molecular flexibility index (Phi) is 23.1. The molecule has 1 fully saturated rings. The van der Waals surface area contributed by atoms with Crippen molar-refractivity contribution in [2.45, 2.75) is 97.8 Å². The molecule has 14 nitrogen and oxygen atoms in total. The molecule has 0 aliphatic carbocycles. The monoisotopic (exact) mass is 1170 g/mol. The summed E-state index contributed by atoms with van der Waals surface area (Å²) in [4.78, 5) is 41.1. The first-order valence-electron chi connectivity index (χ1n) is 30.4. The molecule has 0 bridgehead atoms. The van der Waals surface area contributed by atoms with Crippen LogP contribution in [0.3, 0.4) is 0 Å². The Bertz CT molecular complexity index is 3640. The van der Waals surface area contributed by atoms with E-state index in [9.17, 15) is 14.4 Å². The Morgan fingerprint density at radius 2 is 1.18 bits per heavy atom. The van der Waals surface area contributed by atoms with Gasteiger partial charge in [0.2, 0.25) is 11.8 Å². The van der Waals surface area contributed by atoms with Gasteiger partial charge in [-0.05, 0) is 182 Å². The van der Waals surface area contributed by atoms with Crippen molar-refractivity contribution in [2.24, 2.45) is 0 Å². The molecule has 1 aliphatic rings. The van der Waals surface area contributed by atoms with Gasteiger partial charge in [-0.25, -0.2) is 9.48 Å². The number of ether oxygens (including phenoxy) is 4. The minimum Gasteiger partial charge on any atom is -0.494 e. The molecule has 1 N–H and O–H groups in total. The molecule has 9 rings (SSSR count). The Morgan fingerprint density at radius 3 is 1.74 bits per heavy atom. The molecule has 2 aromatic heterocycles. The number of hydrogen-bond donors (Lipinski definition) is 1. The van der Waals surface area contributed by atoms with Crippen LogP contribution >= 0.6 is 0 Å². The van der Waals surface area contributed by atoms with Gasteiger partial charge >= 0.3 is 6.09 Å². The first-order chi connectivity index (χ1) is 42.1. The summed E-state index contributed by atoms with van der Waals surface area (Å²) in [7, 11) is 6.88. The fourth-order valence-electron chi connectivity index (χ4n) is 10.4. The number of hydrogen-bond acceptors (Lipinski definition) is 9. The Labute approximate surface area is 513 Å². The number of rotatable bonds is 23. The largest absolute Gasteiger partial charge is 0.494 e. The standard InChI is InChI=1S/C41H50N4O5.C32H35N3O2/c1-7-35(30-14-9-8-10-15-30)39(32-20-23-36-33(28-32)29-42-45(36)38-17-11-12-26-49-38)31-18-21-34(22-19-31)48-27-25-44(40(47)50-41(2,3)4)24-13-16-37(46)43(5)6;1-4-29(24-12-8-7-9-13-24)32(26-17-20-30-27(22-26)23-33-34-30)25-15-18-28(19-16-25)37-21-11-6-5-10-14-31(36)35(2)3/h8-10,13-16,18-23,28-29,38H,7,11-12,17,24-27H2,1-6H3;7-10,12-20,22-23H,4-6,11,21H2,1-3H3,(H,33,34)/b16-13+,39-35+;14-10+,32-29+. The Balaban J connectivity index is 0.000000236. The third kappa shape index (κ3) is 18.0. The van der Waals surface area contributed by atoms with Gasteiger partial charge in [-0.1, -0.05) is 123 Å². The van der Waals surface area contributed by atoms with Crippen LogP contribution in [0.25, 0.3) is 44.1 Å². The molecule has 1 unspecified atom stereocenters. The van der Waals surface area contributed by atoms with E-state index in [-0.39, 0.29) is 37.7 Å². The van der Waals surface area contributed by atoms with Crippen molar-refractivity contribution in [3.63, 3.8) is 0 Å². The van der Waals surface area contributed by atoms with E-state index in [1.807, 2.05) is 62.1 Å². The topological polar surface area (TPSA) is 144 Å². The summed E-state index contributed by atoms with van der Waals surface area (Å²) in [6.45, 7) is 12.1. The zero-order valence-electron chi connectivity index (χ0n) is 52.1. The number of amides is 3. The van der Waals surface area contributed by atoms with Gasteiger partial charge in [0.25, 0.3) is 0 Å². The van der Waals surface area contributed by atoms with Gasteiger partial charge in [0, 0.05) is 58.2 Å². The van der Waals surface area contributed by atoms with Gasteiger partial charge in [-0.15, -0.1) is 0 Å². The fourth-order valence-corrected chi connectivity index (χ4v) is 10.4. The van der Waals surface area contributed by atoms with E-state index in [0.29, 0.717) is 12.4 Å². The molecule has 3 amide bonds. The number of allylic oxidation sites excluding steroid dienone is 3. The van der Waals surface area contributed by atoms with Gasteiger partial charge in [-0.3, -0.25) is 14.7 Å². The lowest BCUT2D eigenvalue weighted by molar-refractivity contribution is -0.124. The molecule has 3 heterocycles. The Hall–Kier alpha value is -9.01. The van der Waals surface area contributed by atoms with E-state index in [4.69, 9.17) is 24.0 Å². The van der Waals surface area contributed by atoms with Gasteiger partial charge in [-0.2, -0.15) is 10.2 Å². The smallest absolute Gasteiger partial charge is 0.410 e. The number of carbonyl (C=O) groups is 3. The number of aromatic amines is 1. The van der Waals surface area contributed by atoms with Crippen molar-refractivity contribution in [1.29, 1.82) is 0 Å². The number of H-pyrrole nitrogens is 1. The second-order valence-corrected chi connectivity index (χ2v) is 22.9. The van der Waals surface area contributed by atoms with Crippen molar-refractivity contribution >= 4 is 62.0 Å². The lowest BCUT2D eigenvalue weighted by atomic mass is 9.88. The van der Waals surface area contributed by atoms with Crippen LogP contribution in [-0.2, 0) is 19.1 Å². The second kappa shape index (κ2) is 31.4. The highest BCUT2D eigenvalue weighted by Crippen LogP contribution is 2.39. The van der Waals surface area contributed by atoms with Crippen LogP contribution in [0, 0.1) is 0 Å². The van der Waals surface area contributed by atoms with E-state index >= 15 is 0 Å². The normalized spacial score (nSPS) is 14.1. The summed E-state index contributed by atoms with van der Waals surface area (Å²) in [5, 5.41) is 14.2. The minimum atomic E-state index is -0.647. The Morgan fingerprint density at radius 1 is 0.632 bits per heavy atom. The summed E-state index contributed by atoms with van der Waals surface area (Å²) in [6.07, 6.45) is 17.8. The van der Waals surface area contributed by atoms with Crippen molar-refractivity contribution in [2.75, 3.05) is 61.1 Å². The van der Waals surface area contributed by atoms with E-state index in [1.165, 1.54) is 49.3 Å². The lowest BCUT2D eigenvalue weighted by Crippen LogP contribution is -2.39. The number of fused-ring (bicyclic) bond motifs is 2. The molecule has 6 aromatic carbocycles. The van der Waals surface area contributed by atoms with Crippen LogP contribution in [0.1, 0.15) is 126 Å². The summed E-state index contributed by atoms with van der Waals surface area (Å²) >= 11 is 0. The molecule has 1 saturated heterocycles. The SMILES string of the molecule is CC/C(=C(/c1ccc(OCCCC/C=C/C(=O)N(C)C)cc1)c1ccc2[nH]ncc2c1)c1ccccc1.CC/C(=C(/c1ccc(OCCN(C/C=C/C(=O)N(C)C)C(=O)OC(C)(C)C)cc1)c1ccc2c(cnn2C2CCCCO2)c1)c1ccccc1. The van der Waals surface area contributed by atoms with Crippen LogP contribution in [0.2, 0.25) is 0 Å². The van der Waals surface area contributed by atoms with Gasteiger partial charge in [0.1, 0.15) is 23.7 Å². The molecule has 0 radical (unpaired) electrons. The quantitative estimate of drug-likeness (QED) is 0.0376. The molecule has 1 aliphatic heterocycles. The molecule has 87 heavy (non-hydrogen) atoms. The molecular weight excluding hydrogens is 1090 g/mol. The molecule has 454 valence electrons. The summed E-state index contributed by atoms with van der Waals surface area (Å²) < 4.78 is 25.8. The van der Waals surface area contributed by atoms with Crippen molar-refractivity contribution in [1.82, 2.24) is 34.7 Å². The number of aromatic nitrogens is 4. The first kappa shape index (κ1) is 64.0. The number of nitrogens with zero attached hydrogens (tertiary/aromatic N) is 6. The third-order valence-corrected chi connectivity index (χ3v) is 14.9. The van der Waals surface area contributed by atoms with Gasteiger partial charge in [0.05, 0.1) is 36.6 Å². The maximum absolute atomic E-state index is 12.9. The lowest BCUT2D eigenvalue weighted by Gasteiger charge is -2.26. The summed E-state index contributed by atoms with van der Waals surface area (Å²) in [6, 6.07) is 50.7. The number of likely N-dealkylation sites (N-methyl/N-ethyl adjacent to an activating group) is 2. The predicted molar refractivity (Wildman–Crippen MR) is 351 cm³/mol. The second-order valence-electron chi connectivity index (χ2n) is 22.9. The van der Waals surface area contributed by atoms with E-state index in [1.54, 1.807) is 45.2 Å². The molecule has 1 atom stereocenters. The van der Waals surface area contributed by atoms with Gasteiger partial charge in [0.15, 0.2) is 6.23 Å². The maximum Gasteiger partial charge on any atom is 0.410 e. The average molecular weight is 1170 g/mol. The average Bonchev–Trinajstić information content (AvgIpc) is 2.05. The highest BCUT2D eigenvalue weighted by atomic mass is 16.6. The molecule has 0 saturated carbocycles. The van der Waals surface area contributed by atoms with Crippen LogP contribution in [0.15, 0.2) is 182 Å². The number of unbranched alkanes of at least 4 members (excludes halogenated alkanes) is 2. The van der Waals surface area contributed by atoms with Crippen LogP contribution in [-0.4, -0.2) is 119 Å². The van der Waals surface area contributed by atoms with Crippen LogP contribution in [0.4, 0.5) is 4.79 Å². The van der Waals surface area contributed by atoms with E-state index in [0.717, 1.165) is 108 Å². The molecule has 14 heteroatoms. The maximum atomic E-state index is 12.9. The van der Waals surface area contributed by atoms with Crippen molar-refractivity contribution in [3.05, 3.63) is 216 Å². The zero-order valence-corrected chi connectivity index (χ0v) is 52.1. The van der Waals surface area contributed by atoms with Crippen LogP contribution in [0.5, 0.6) is 11.5 Å². The number of nitrogens with one attached hydrogen (secondary N) is 1. The molecule has 8 aromatic rings. The van der Waals surface area contributed by atoms with Crippen LogP contribution < -0.4 is 9.47 Å². The summed E-state index contributed by atoms with van der Waals surface area (Å²) in [5.74, 6) is 1.43. The number of carbonyl (C=O) groups excluding carboxylic acids is 3. The summed E-state index contributed by atoms with van der Waals surface area (Å²) in [5.41, 5.74) is 13.3. The fraction of sp³-hybridized carbons (Fsp3) is 0.329. The number of benzene rings is 6. The predicted octanol–water partition coefficient (Wildman–Crippen LogP) is 15.5. The third-order valence-electron chi connectivity index (χ3n) is 14.9. The highest BCUT2D eigenvalue weighted by Gasteiger charge is 2.23. The molecular formula is C73H85N7O7.